The van der Waals surface area contributed by atoms with Gasteiger partial charge in [-0.25, -0.2) is 4.18 Å². The summed E-state index contributed by atoms with van der Waals surface area (Å²) in [6, 6.07) is 0. The minimum atomic E-state index is -5.07. The number of aliphatic hydroxyl groups is 3. The van der Waals surface area contributed by atoms with Crippen LogP contribution in [0.2, 0.25) is 0 Å². The number of carbonyl (C=O) groups excluding carboxylic acids is 1. The molecule has 6 atom stereocenters. The topological polar surface area (TPSA) is 178 Å². The molecule has 1 fully saturated rings. The highest BCUT2D eigenvalue weighted by atomic mass is 32.3. The normalized spacial score (nSPS) is 19.5. The minimum Gasteiger partial charge on any atom is -0.457 e. The van der Waals surface area contributed by atoms with Gasteiger partial charge in [-0.15, -0.1) is 0 Å². The summed E-state index contributed by atoms with van der Waals surface area (Å²) in [4.78, 5) is 12.9. The Bertz CT molecular complexity index is 1320. The van der Waals surface area contributed by atoms with E-state index in [1.807, 2.05) is 0 Å². The van der Waals surface area contributed by atoms with Crippen molar-refractivity contribution in [3.63, 3.8) is 0 Å². The Morgan fingerprint density at radius 2 is 0.971 bits per heavy atom. The number of esters is 1. The van der Waals surface area contributed by atoms with Crippen molar-refractivity contribution in [3.8, 4) is 0 Å². The summed E-state index contributed by atoms with van der Waals surface area (Å²) in [6.07, 6.45) is 47.5. The van der Waals surface area contributed by atoms with Crippen LogP contribution in [-0.4, -0.2) is 97.5 Å². The van der Waals surface area contributed by atoms with E-state index < -0.39 is 59.8 Å². The largest absolute Gasteiger partial charge is 0.457 e. The fourth-order valence-electron chi connectivity index (χ4n) is 8.52. The van der Waals surface area contributed by atoms with Gasteiger partial charge in [-0.05, 0) is 70.6 Å². The van der Waals surface area contributed by atoms with E-state index in [1.165, 1.54) is 167 Å². The second kappa shape index (κ2) is 46.4. The minimum absolute atomic E-state index is 0.0352. The summed E-state index contributed by atoms with van der Waals surface area (Å²) in [5.74, 6) is -0.401. The van der Waals surface area contributed by atoms with E-state index in [0.717, 1.165) is 51.4 Å². The molecule has 1 aliphatic heterocycles. The second-order valence-corrected chi connectivity index (χ2v) is 20.2. The molecule has 0 bridgehead atoms. The maximum absolute atomic E-state index is 12.9. The maximum Gasteiger partial charge on any atom is 0.397 e. The van der Waals surface area contributed by atoms with Gasteiger partial charge in [0.15, 0.2) is 6.29 Å². The van der Waals surface area contributed by atoms with E-state index in [4.69, 9.17) is 18.9 Å². The third-order valence-corrected chi connectivity index (χ3v) is 13.2. The number of unbranched alkanes of at least 4 members (excludes halogenated alkanes) is 30. The monoisotopic (exact) mass is 987 g/mol. The molecule has 0 amide bonds. The molecule has 0 spiro atoms. The molecule has 13 heteroatoms. The van der Waals surface area contributed by atoms with E-state index in [9.17, 15) is 33.1 Å². The molecule has 0 radical (unpaired) electrons. The van der Waals surface area contributed by atoms with Gasteiger partial charge in [-0.1, -0.05) is 204 Å². The summed E-state index contributed by atoms with van der Waals surface area (Å²) < 4.78 is 59.3. The Morgan fingerprint density at radius 3 is 1.41 bits per heavy atom. The van der Waals surface area contributed by atoms with Crippen LogP contribution in [0.3, 0.4) is 0 Å². The quantitative estimate of drug-likeness (QED) is 0.0197. The summed E-state index contributed by atoms with van der Waals surface area (Å²) in [7, 11) is -5.07. The van der Waals surface area contributed by atoms with Crippen molar-refractivity contribution in [1.82, 2.24) is 0 Å². The Balaban J connectivity index is 2.31. The van der Waals surface area contributed by atoms with Gasteiger partial charge in [-0.3, -0.25) is 9.35 Å². The van der Waals surface area contributed by atoms with Crippen molar-refractivity contribution in [2.75, 3.05) is 26.4 Å². The van der Waals surface area contributed by atoms with Gasteiger partial charge in [0.05, 0.1) is 19.8 Å². The molecule has 1 heterocycles. The van der Waals surface area contributed by atoms with Gasteiger partial charge in [-0.2, -0.15) is 8.42 Å². The fourth-order valence-corrected chi connectivity index (χ4v) is 9.03. The Morgan fingerprint density at radius 1 is 0.559 bits per heavy atom. The molecule has 12 nitrogen and oxygen atoms in total. The van der Waals surface area contributed by atoms with Crippen LogP contribution in [0.15, 0.2) is 36.5 Å². The van der Waals surface area contributed by atoms with Crippen LogP contribution in [0.25, 0.3) is 0 Å². The van der Waals surface area contributed by atoms with Crippen LogP contribution < -0.4 is 0 Å². The van der Waals surface area contributed by atoms with Crippen molar-refractivity contribution in [2.24, 2.45) is 0 Å². The molecule has 1 saturated heterocycles. The van der Waals surface area contributed by atoms with Gasteiger partial charge < -0.3 is 34.3 Å². The molecule has 0 aromatic carbocycles. The van der Waals surface area contributed by atoms with Crippen LogP contribution in [0.5, 0.6) is 0 Å². The SMILES string of the molecule is CCCCCCC/C=C\C/C=C\CCCCCCCCCCCCCCOCC(COC1OC(CO)C(O)C(OS(=O)(=O)O)C1O)OC(=O)CCCCCCCCC/C=C\CCCCCCCC. The molecule has 1 aliphatic rings. The third-order valence-electron chi connectivity index (χ3n) is 12.7. The summed E-state index contributed by atoms with van der Waals surface area (Å²) in [5.41, 5.74) is 0. The van der Waals surface area contributed by atoms with Crippen LogP contribution in [0.1, 0.15) is 245 Å². The second-order valence-electron chi connectivity index (χ2n) is 19.2. The zero-order chi connectivity index (χ0) is 49.6. The van der Waals surface area contributed by atoms with E-state index in [2.05, 4.69) is 54.5 Å². The number of aliphatic hydroxyl groups excluding tert-OH is 3. The van der Waals surface area contributed by atoms with Crippen molar-refractivity contribution < 1.29 is 56.2 Å². The highest BCUT2D eigenvalue weighted by Crippen LogP contribution is 2.26. The smallest absolute Gasteiger partial charge is 0.397 e. The number of ether oxygens (including phenoxy) is 4. The fraction of sp³-hybridized carbons (Fsp3) is 0.873. The average Bonchev–Trinajstić information content (AvgIpc) is 3.31. The Kier molecular flexibility index (Phi) is 43.9. The van der Waals surface area contributed by atoms with Gasteiger partial charge >= 0.3 is 16.4 Å². The summed E-state index contributed by atoms with van der Waals surface area (Å²) in [5, 5.41) is 30.8. The van der Waals surface area contributed by atoms with Crippen molar-refractivity contribution in [1.29, 1.82) is 0 Å². The Labute approximate surface area is 415 Å². The molecule has 68 heavy (non-hydrogen) atoms. The van der Waals surface area contributed by atoms with Crippen LogP contribution >= 0.6 is 0 Å². The van der Waals surface area contributed by atoms with E-state index in [1.54, 1.807) is 0 Å². The first-order valence-electron chi connectivity index (χ1n) is 27.7. The lowest BCUT2D eigenvalue weighted by Crippen LogP contribution is -2.60. The molecular formula is C55H102O12S. The number of hydrogen-bond acceptors (Lipinski definition) is 11. The van der Waals surface area contributed by atoms with Gasteiger partial charge in [0.1, 0.15) is 30.5 Å². The standard InChI is InChI=1S/C55H102O12S/c1-3-5-7-9-11-13-15-17-19-21-22-23-24-25-26-27-29-31-33-35-37-39-41-43-45-63-47-49(48-64-55-53(59)54(67-68(60,61)62)52(58)50(46-56)66-55)65-51(57)44-42-40-38-36-34-32-30-28-20-18-16-14-12-10-8-6-4-2/h15,17-18,20-22,49-50,52-56,58-59H,3-14,16,19,23-48H2,1-2H3,(H,60,61,62)/b17-15-,20-18-,22-21-. The molecule has 0 aliphatic carbocycles. The molecule has 6 unspecified atom stereocenters. The molecule has 4 N–H and O–H groups in total. The van der Waals surface area contributed by atoms with Crippen LogP contribution in [-0.2, 0) is 38.3 Å². The van der Waals surface area contributed by atoms with Crippen LogP contribution in [0, 0.1) is 0 Å². The first-order valence-corrected chi connectivity index (χ1v) is 29.1. The molecule has 0 aromatic rings. The highest BCUT2D eigenvalue weighted by Gasteiger charge is 2.48. The maximum atomic E-state index is 12.9. The zero-order valence-corrected chi connectivity index (χ0v) is 44.0. The molecule has 0 aromatic heterocycles. The van der Waals surface area contributed by atoms with Crippen LogP contribution in [0.4, 0.5) is 0 Å². The van der Waals surface area contributed by atoms with E-state index >= 15 is 0 Å². The van der Waals surface area contributed by atoms with Crippen molar-refractivity contribution >= 4 is 16.4 Å². The lowest BCUT2D eigenvalue weighted by Gasteiger charge is -2.41. The van der Waals surface area contributed by atoms with Gasteiger partial charge in [0, 0.05) is 13.0 Å². The number of hydrogen-bond donors (Lipinski definition) is 4. The first kappa shape index (κ1) is 64.3. The van der Waals surface area contributed by atoms with E-state index in [0.29, 0.717) is 13.0 Å². The lowest BCUT2D eigenvalue weighted by molar-refractivity contribution is -0.301. The van der Waals surface area contributed by atoms with Crippen molar-refractivity contribution in [2.45, 2.75) is 282 Å². The van der Waals surface area contributed by atoms with Crippen molar-refractivity contribution in [3.05, 3.63) is 36.5 Å². The van der Waals surface area contributed by atoms with Gasteiger partial charge in [0.2, 0.25) is 0 Å². The summed E-state index contributed by atoms with van der Waals surface area (Å²) in [6.45, 7) is 4.00. The molecule has 400 valence electrons. The average molecular weight is 987 g/mol. The predicted octanol–water partition coefficient (Wildman–Crippen LogP) is 13.3. The Hall–Kier alpha value is -1.68. The first-order chi connectivity index (χ1) is 33.1. The third kappa shape index (κ3) is 39.0. The predicted molar refractivity (Wildman–Crippen MR) is 276 cm³/mol. The number of allylic oxidation sites excluding steroid dienone is 6. The molecule has 0 saturated carbocycles. The van der Waals surface area contributed by atoms with Gasteiger partial charge in [0.25, 0.3) is 0 Å². The number of carbonyl (C=O) groups is 1. The zero-order valence-electron chi connectivity index (χ0n) is 43.2. The lowest BCUT2D eigenvalue weighted by atomic mass is 9.99. The molecule has 1 rings (SSSR count). The highest BCUT2D eigenvalue weighted by molar-refractivity contribution is 7.80. The molecular weight excluding hydrogens is 885 g/mol. The summed E-state index contributed by atoms with van der Waals surface area (Å²) >= 11 is 0. The van der Waals surface area contributed by atoms with E-state index in [-0.39, 0.29) is 19.6 Å². The number of rotatable bonds is 49.